The van der Waals surface area contributed by atoms with E-state index < -0.39 is 0 Å². The monoisotopic (exact) mass is 411 g/mol. The molecule has 3 aromatic heterocycles. The average molecular weight is 412 g/mol. The van der Waals surface area contributed by atoms with E-state index in [1.807, 2.05) is 78.6 Å². The summed E-state index contributed by atoms with van der Waals surface area (Å²) in [7, 11) is 0. The number of pyridine rings is 1. The predicted molar refractivity (Wildman–Crippen MR) is 122 cm³/mol. The fraction of sp³-hybridized carbons (Fsp3) is 0.0417. The van der Waals surface area contributed by atoms with Crippen LogP contribution in [0.5, 0.6) is 0 Å². The molecule has 0 aliphatic heterocycles. The zero-order chi connectivity index (χ0) is 20.5. The Morgan fingerprint density at radius 2 is 1.63 bits per heavy atom. The lowest BCUT2D eigenvalue weighted by molar-refractivity contribution is 1.08. The van der Waals surface area contributed by atoms with E-state index in [9.17, 15) is 0 Å². The van der Waals surface area contributed by atoms with Crippen LogP contribution in [-0.2, 0) is 0 Å². The van der Waals surface area contributed by atoms with Gasteiger partial charge in [-0.15, -0.1) is 0 Å². The Hall–Kier alpha value is -3.70. The van der Waals surface area contributed by atoms with E-state index in [2.05, 4.69) is 21.0 Å². The van der Waals surface area contributed by atoms with Gasteiger partial charge in [-0.3, -0.25) is 4.90 Å². The number of aromatic amines is 1. The fourth-order valence-corrected chi connectivity index (χ4v) is 3.74. The van der Waals surface area contributed by atoms with Gasteiger partial charge in [0, 0.05) is 39.7 Å². The van der Waals surface area contributed by atoms with E-state index in [1.54, 1.807) is 12.4 Å². The van der Waals surface area contributed by atoms with Gasteiger partial charge >= 0.3 is 0 Å². The highest BCUT2D eigenvalue weighted by molar-refractivity contribution is 6.30. The summed E-state index contributed by atoms with van der Waals surface area (Å²) in [6.07, 6.45) is 3.57. The van der Waals surface area contributed by atoms with Gasteiger partial charge in [0.05, 0.1) is 11.4 Å². The standard InChI is InChI=1S/C24H18ClN5/c1-16-14-21-20(10-12-26-23(21)28-16)22-11-13-27-24(29-22)30(18-7-3-2-4-8-18)19-9-5-6-17(25)15-19/h2-15H,1H3,(H,26,28). The van der Waals surface area contributed by atoms with Crippen molar-refractivity contribution in [1.29, 1.82) is 0 Å². The maximum atomic E-state index is 6.28. The number of rotatable bonds is 4. The van der Waals surface area contributed by atoms with Crippen LogP contribution in [0.4, 0.5) is 17.3 Å². The number of nitrogens with zero attached hydrogens (tertiary/aromatic N) is 4. The van der Waals surface area contributed by atoms with Crippen LogP contribution in [0.15, 0.2) is 85.2 Å². The van der Waals surface area contributed by atoms with E-state index >= 15 is 0 Å². The van der Waals surface area contributed by atoms with Crippen molar-refractivity contribution in [2.24, 2.45) is 0 Å². The van der Waals surface area contributed by atoms with Crippen molar-refractivity contribution in [3.63, 3.8) is 0 Å². The lowest BCUT2D eigenvalue weighted by Gasteiger charge is -2.23. The largest absolute Gasteiger partial charge is 0.344 e. The number of H-pyrrole nitrogens is 1. The van der Waals surface area contributed by atoms with E-state index in [0.717, 1.165) is 39.4 Å². The van der Waals surface area contributed by atoms with Crippen LogP contribution in [0.3, 0.4) is 0 Å². The van der Waals surface area contributed by atoms with Gasteiger partial charge in [-0.05, 0) is 55.5 Å². The molecule has 0 saturated carbocycles. The van der Waals surface area contributed by atoms with Gasteiger partial charge in [0.25, 0.3) is 0 Å². The average Bonchev–Trinajstić information content (AvgIpc) is 3.15. The minimum atomic E-state index is 0.568. The van der Waals surface area contributed by atoms with Gasteiger partial charge in [-0.1, -0.05) is 35.9 Å². The number of aryl methyl sites for hydroxylation is 1. The summed E-state index contributed by atoms with van der Waals surface area (Å²) >= 11 is 6.28. The Morgan fingerprint density at radius 3 is 2.47 bits per heavy atom. The van der Waals surface area contributed by atoms with Crippen LogP contribution in [0.2, 0.25) is 5.02 Å². The van der Waals surface area contributed by atoms with Crippen LogP contribution in [-0.4, -0.2) is 19.9 Å². The molecule has 0 amide bonds. The molecule has 30 heavy (non-hydrogen) atoms. The summed E-state index contributed by atoms with van der Waals surface area (Å²) in [6, 6.07) is 23.7. The molecule has 146 valence electrons. The predicted octanol–water partition coefficient (Wildman–Crippen LogP) is 6.45. The Kier molecular flexibility index (Phi) is 4.65. The molecule has 0 bridgehead atoms. The minimum absolute atomic E-state index is 0.568. The van der Waals surface area contributed by atoms with E-state index in [-0.39, 0.29) is 0 Å². The molecule has 0 atom stereocenters. The lowest BCUT2D eigenvalue weighted by atomic mass is 10.1. The molecule has 0 radical (unpaired) electrons. The molecule has 3 heterocycles. The number of hydrogen-bond acceptors (Lipinski definition) is 4. The maximum Gasteiger partial charge on any atom is 0.235 e. The maximum absolute atomic E-state index is 6.28. The highest BCUT2D eigenvalue weighted by Crippen LogP contribution is 2.35. The molecule has 0 fully saturated rings. The van der Waals surface area contributed by atoms with Crippen LogP contribution in [0, 0.1) is 6.92 Å². The van der Waals surface area contributed by atoms with Crippen LogP contribution >= 0.6 is 11.6 Å². The van der Waals surface area contributed by atoms with Crippen LogP contribution in [0.25, 0.3) is 22.3 Å². The van der Waals surface area contributed by atoms with Crippen molar-refractivity contribution in [3.8, 4) is 11.3 Å². The first kappa shape index (κ1) is 18.3. The van der Waals surface area contributed by atoms with Gasteiger partial charge < -0.3 is 4.98 Å². The second kappa shape index (κ2) is 7.61. The highest BCUT2D eigenvalue weighted by Gasteiger charge is 2.17. The topological polar surface area (TPSA) is 57.7 Å². The third-order valence-corrected chi connectivity index (χ3v) is 5.10. The normalized spacial score (nSPS) is 11.0. The molecular formula is C24H18ClN5. The zero-order valence-corrected chi connectivity index (χ0v) is 17.0. The molecule has 6 heteroatoms. The molecule has 0 aliphatic rings. The van der Waals surface area contributed by atoms with Gasteiger partial charge in [0.1, 0.15) is 5.65 Å². The molecule has 2 aromatic carbocycles. The smallest absolute Gasteiger partial charge is 0.235 e. The molecule has 1 N–H and O–H groups in total. The van der Waals surface area contributed by atoms with Crippen LogP contribution < -0.4 is 4.90 Å². The number of para-hydroxylation sites is 1. The van der Waals surface area contributed by atoms with Gasteiger partial charge in [0.15, 0.2) is 0 Å². The van der Waals surface area contributed by atoms with Crippen LogP contribution in [0.1, 0.15) is 5.69 Å². The number of aromatic nitrogens is 4. The number of benzene rings is 2. The molecule has 5 nitrogen and oxygen atoms in total. The summed E-state index contributed by atoms with van der Waals surface area (Å²) in [4.78, 5) is 19.2. The molecule has 5 aromatic rings. The molecular weight excluding hydrogens is 394 g/mol. The number of anilines is 3. The zero-order valence-electron chi connectivity index (χ0n) is 16.2. The van der Waals surface area contributed by atoms with Crippen molar-refractivity contribution in [3.05, 3.63) is 95.9 Å². The first-order valence-corrected chi connectivity index (χ1v) is 9.95. The van der Waals surface area contributed by atoms with Crippen molar-refractivity contribution >= 4 is 40.0 Å². The van der Waals surface area contributed by atoms with Crippen molar-refractivity contribution < 1.29 is 0 Å². The van der Waals surface area contributed by atoms with E-state index in [4.69, 9.17) is 16.6 Å². The van der Waals surface area contributed by atoms with Crippen molar-refractivity contribution in [2.75, 3.05) is 4.90 Å². The van der Waals surface area contributed by atoms with Crippen molar-refractivity contribution in [2.45, 2.75) is 6.92 Å². The van der Waals surface area contributed by atoms with Gasteiger partial charge in [0.2, 0.25) is 5.95 Å². The summed E-state index contributed by atoms with van der Waals surface area (Å²) in [5.74, 6) is 0.568. The summed E-state index contributed by atoms with van der Waals surface area (Å²) < 4.78 is 0. The third kappa shape index (κ3) is 3.40. The Bertz CT molecular complexity index is 1330. The Balaban J connectivity index is 1.68. The number of hydrogen-bond donors (Lipinski definition) is 1. The fourth-order valence-electron chi connectivity index (χ4n) is 3.56. The summed E-state index contributed by atoms with van der Waals surface area (Å²) in [5, 5.41) is 1.69. The first-order valence-electron chi connectivity index (χ1n) is 9.57. The molecule has 0 unspecified atom stereocenters. The number of fused-ring (bicyclic) bond motifs is 1. The molecule has 0 saturated heterocycles. The van der Waals surface area contributed by atoms with Gasteiger partial charge in [-0.25, -0.2) is 15.0 Å². The Morgan fingerprint density at radius 1 is 0.833 bits per heavy atom. The highest BCUT2D eigenvalue weighted by atomic mass is 35.5. The SMILES string of the molecule is Cc1cc2c(-c3ccnc(N(c4ccccc4)c4cccc(Cl)c4)n3)ccnc2[nH]1. The molecule has 0 aliphatic carbocycles. The quantitative estimate of drug-likeness (QED) is 0.369. The van der Waals surface area contributed by atoms with E-state index in [1.165, 1.54) is 0 Å². The van der Waals surface area contributed by atoms with Crippen molar-refractivity contribution in [1.82, 2.24) is 19.9 Å². The number of halogens is 1. The first-order chi connectivity index (χ1) is 14.7. The summed E-state index contributed by atoms with van der Waals surface area (Å²) in [5.41, 5.74) is 5.59. The minimum Gasteiger partial charge on any atom is -0.344 e. The van der Waals surface area contributed by atoms with Gasteiger partial charge in [-0.2, -0.15) is 0 Å². The Labute approximate surface area is 179 Å². The summed E-state index contributed by atoms with van der Waals surface area (Å²) in [6.45, 7) is 2.02. The molecule has 0 spiro atoms. The second-order valence-corrected chi connectivity index (χ2v) is 7.40. The second-order valence-electron chi connectivity index (χ2n) is 6.97. The number of nitrogens with one attached hydrogen (secondary N) is 1. The lowest BCUT2D eigenvalue weighted by Crippen LogP contribution is -2.13. The van der Waals surface area contributed by atoms with E-state index in [0.29, 0.717) is 11.0 Å². The molecule has 5 rings (SSSR count). The third-order valence-electron chi connectivity index (χ3n) is 4.87.